The van der Waals surface area contributed by atoms with E-state index in [9.17, 15) is 17.6 Å². The normalized spacial score (nSPS) is 15.2. The van der Waals surface area contributed by atoms with Crippen LogP contribution in [0.25, 0.3) is 11.4 Å². The Labute approximate surface area is 115 Å². The number of rotatable bonds is 2. The molecule has 108 valence electrons. The number of nitrogens with zero attached hydrogens (tertiary/aromatic N) is 2. The monoisotopic (exact) mass is 309 g/mol. The Hall–Kier alpha value is -1.67. The molecule has 4 nitrogen and oxygen atoms in total. The van der Waals surface area contributed by atoms with Crippen molar-refractivity contribution in [1.82, 2.24) is 10.1 Å². The van der Waals surface area contributed by atoms with Gasteiger partial charge in [-0.3, -0.25) is 0 Å². The quantitative estimate of drug-likeness (QED) is 0.865. The minimum atomic E-state index is -4.76. The van der Waals surface area contributed by atoms with Crippen LogP contribution >= 0.6 is 11.6 Å². The van der Waals surface area contributed by atoms with Gasteiger partial charge in [-0.2, -0.15) is 18.2 Å². The maximum atomic E-state index is 12.9. The molecule has 2 rings (SSSR count). The first-order chi connectivity index (χ1) is 9.13. The molecule has 9 heteroatoms. The molecule has 20 heavy (non-hydrogen) atoms. The summed E-state index contributed by atoms with van der Waals surface area (Å²) in [6, 6.07) is 3.29. The highest BCUT2D eigenvalue weighted by Crippen LogP contribution is 2.36. The van der Waals surface area contributed by atoms with Crippen LogP contribution in [0.15, 0.2) is 22.7 Å². The third-order valence-corrected chi connectivity index (χ3v) is 2.94. The molecule has 1 heterocycles. The molecule has 0 amide bonds. The molecule has 1 aromatic heterocycles. The first-order valence-electron chi connectivity index (χ1n) is 5.28. The van der Waals surface area contributed by atoms with E-state index in [0.29, 0.717) is 6.92 Å². The largest absolute Gasteiger partial charge is 0.415 e. The van der Waals surface area contributed by atoms with Gasteiger partial charge in [0.25, 0.3) is 5.89 Å². The van der Waals surface area contributed by atoms with Crippen molar-refractivity contribution >= 4 is 11.6 Å². The van der Waals surface area contributed by atoms with Gasteiger partial charge in [-0.1, -0.05) is 16.8 Å². The van der Waals surface area contributed by atoms with Crippen LogP contribution < -0.4 is 5.73 Å². The Morgan fingerprint density at radius 2 is 1.95 bits per heavy atom. The maximum absolute atomic E-state index is 12.9. The van der Waals surface area contributed by atoms with Gasteiger partial charge in [0, 0.05) is 5.56 Å². The molecular weight excluding hydrogens is 302 g/mol. The molecule has 0 saturated heterocycles. The van der Waals surface area contributed by atoms with Crippen molar-refractivity contribution in [1.29, 1.82) is 0 Å². The first kappa shape index (κ1) is 14.7. The molecule has 0 saturated carbocycles. The average Bonchev–Trinajstić information content (AvgIpc) is 2.77. The first-order valence-corrected chi connectivity index (χ1v) is 5.66. The van der Waals surface area contributed by atoms with E-state index in [0.717, 1.165) is 12.1 Å². The lowest BCUT2D eigenvalue weighted by Gasteiger charge is -2.22. The van der Waals surface area contributed by atoms with Crippen LogP contribution in [0.3, 0.4) is 0 Å². The fourth-order valence-electron chi connectivity index (χ4n) is 1.34. The zero-order valence-electron chi connectivity index (χ0n) is 10.0. The molecule has 1 unspecified atom stereocenters. The molecule has 1 aromatic carbocycles. The Morgan fingerprint density at radius 1 is 1.30 bits per heavy atom. The van der Waals surface area contributed by atoms with E-state index in [-0.39, 0.29) is 16.4 Å². The fourth-order valence-corrected chi connectivity index (χ4v) is 1.59. The lowest BCUT2D eigenvalue weighted by atomic mass is 10.0. The number of aromatic nitrogens is 2. The third kappa shape index (κ3) is 2.48. The SMILES string of the molecule is CC(N)(c1nc(-c2ccc(F)cc2Cl)no1)C(F)(F)F. The number of benzene rings is 1. The molecule has 0 spiro atoms. The predicted octanol–water partition coefficient (Wildman–Crippen LogP) is 3.27. The van der Waals surface area contributed by atoms with Crippen molar-refractivity contribution in [3.8, 4) is 11.4 Å². The number of hydrogen-bond donors (Lipinski definition) is 1. The maximum Gasteiger partial charge on any atom is 0.415 e. The number of halogens is 5. The third-order valence-electron chi connectivity index (χ3n) is 2.63. The van der Waals surface area contributed by atoms with Crippen molar-refractivity contribution in [3.63, 3.8) is 0 Å². The summed E-state index contributed by atoms with van der Waals surface area (Å²) in [6.07, 6.45) is -4.76. The molecule has 1 atom stereocenters. The minimum Gasteiger partial charge on any atom is -0.337 e. The summed E-state index contributed by atoms with van der Waals surface area (Å²) in [7, 11) is 0. The van der Waals surface area contributed by atoms with Gasteiger partial charge in [0.15, 0.2) is 5.54 Å². The molecule has 2 N–H and O–H groups in total. The average molecular weight is 310 g/mol. The van der Waals surface area contributed by atoms with Gasteiger partial charge < -0.3 is 10.3 Å². The topological polar surface area (TPSA) is 64.9 Å². The van der Waals surface area contributed by atoms with E-state index in [2.05, 4.69) is 14.7 Å². The van der Waals surface area contributed by atoms with E-state index >= 15 is 0 Å². The standard InChI is InChI=1S/C11H8ClF4N3O/c1-10(17,11(14,15)16)9-18-8(19-20-9)6-3-2-5(13)4-7(6)12/h2-4H,17H2,1H3. The van der Waals surface area contributed by atoms with Gasteiger partial charge in [-0.05, 0) is 25.1 Å². The number of alkyl halides is 3. The molecule has 0 fully saturated rings. The van der Waals surface area contributed by atoms with Gasteiger partial charge in [0.1, 0.15) is 5.82 Å². The van der Waals surface area contributed by atoms with E-state index in [1.165, 1.54) is 6.07 Å². The second-order valence-corrected chi connectivity index (χ2v) is 4.65. The van der Waals surface area contributed by atoms with Crippen LogP contribution in [-0.4, -0.2) is 16.3 Å². The zero-order valence-corrected chi connectivity index (χ0v) is 10.8. The molecule has 0 radical (unpaired) electrons. The Balaban J connectivity index is 2.44. The number of hydrogen-bond acceptors (Lipinski definition) is 4. The molecule has 0 bridgehead atoms. The summed E-state index contributed by atoms with van der Waals surface area (Å²) < 4.78 is 55.6. The summed E-state index contributed by atoms with van der Waals surface area (Å²) in [6.45, 7) is 0.705. The lowest BCUT2D eigenvalue weighted by Crippen LogP contribution is -2.47. The van der Waals surface area contributed by atoms with E-state index < -0.39 is 23.4 Å². The predicted molar refractivity (Wildman–Crippen MR) is 62.3 cm³/mol. The van der Waals surface area contributed by atoms with Crippen molar-refractivity contribution in [2.45, 2.75) is 18.6 Å². The fraction of sp³-hybridized carbons (Fsp3) is 0.273. The van der Waals surface area contributed by atoms with E-state index in [1.807, 2.05) is 0 Å². The van der Waals surface area contributed by atoms with Gasteiger partial charge in [-0.15, -0.1) is 0 Å². The van der Waals surface area contributed by atoms with Crippen LogP contribution in [0.4, 0.5) is 17.6 Å². The lowest BCUT2D eigenvalue weighted by molar-refractivity contribution is -0.190. The van der Waals surface area contributed by atoms with Crippen LogP contribution in [0.2, 0.25) is 5.02 Å². The Kier molecular flexibility index (Phi) is 3.47. The van der Waals surface area contributed by atoms with Gasteiger partial charge >= 0.3 is 6.18 Å². The molecule has 0 aliphatic carbocycles. The second-order valence-electron chi connectivity index (χ2n) is 4.25. The van der Waals surface area contributed by atoms with Crippen molar-refractivity contribution in [2.75, 3.05) is 0 Å². The summed E-state index contributed by atoms with van der Waals surface area (Å²) in [5, 5.41) is 3.33. The second kappa shape index (κ2) is 4.71. The summed E-state index contributed by atoms with van der Waals surface area (Å²) in [4.78, 5) is 3.58. The Morgan fingerprint density at radius 3 is 2.50 bits per heavy atom. The van der Waals surface area contributed by atoms with Gasteiger partial charge in [0.05, 0.1) is 5.02 Å². The molecular formula is C11H8ClF4N3O. The van der Waals surface area contributed by atoms with Crippen molar-refractivity contribution < 1.29 is 22.1 Å². The van der Waals surface area contributed by atoms with Crippen molar-refractivity contribution in [2.24, 2.45) is 5.73 Å². The molecule has 0 aliphatic rings. The van der Waals surface area contributed by atoms with E-state index in [1.54, 1.807) is 0 Å². The van der Waals surface area contributed by atoms with Crippen LogP contribution in [-0.2, 0) is 5.54 Å². The van der Waals surface area contributed by atoms with Crippen LogP contribution in [0.5, 0.6) is 0 Å². The minimum absolute atomic E-state index is 0.0527. The molecule has 2 aromatic rings. The molecule has 0 aliphatic heterocycles. The zero-order chi connectivity index (χ0) is 15.1. The van der Waals surface area contributed by atoms with E-state index in [4.69, 9.17) is 17.3 Å². The highest BCUT2D eigenvalue weighted by molar-refractivity contribution is 6.33. The Bertz CT molecular complexity index is 639. The van der Waals surface area contributed by atoms with Gasteiger partial charge in [0.2, 0.25) is 5.82 Å². The van der Waals surface area contributed by atoms with Crippen LogP contribution in [0.1, 0.15) is 12.8 Å². The van der Waals surface area contributed by atoms with Crippen LogP contribution in [0, 0.1) is 5.82 Å². The highest BCUT2D eigenvalue weighted by Gasteiger charge is 2.53. The summed E-state index contributed by atoms with van der Waals surface area (Å²) in [5.74, 6) is -1.60. The highest BCUT2D eigenvalue weighted by atomic mass is 35.5. The smallest absolute Gasteiger partial charge is 0.337 e. The van der Waals surface area contributed by atoms with Crippen molar-refractivity contribution in [3.05, 3.63) is 34.9 Å². The number of nitrogens with two attached hydrogens (primary N) is 1. The summed E-state index contributed by atoms with van der Waals surface area (Å²) in [5.41, 5.74) is 2.51. The van der Waals surface area contributed by atoms with Gasteiger partial charge in [-0.25, -0.2) is 4.39 Å². The summed E-state index contributed by atoms with van der Waals surface area (Å²) >= 11 is 5.76.